The second kappa shape index (κ2) is 6.31. The quantitative estimate of drug-likeness (QED) is 0.419. The summed E-state index contributed by atoms with van der Waals surface area (Å²) in [5.41, 5.74) is 0. The lowest BCUT2D eigenvalue weighted by molar-refractivity contribution is 0.174. The highest BCUT2D eigenvalue weighted by Crippen LogP contribution is 2.50. The summed E-state index contributed by atoms with van der Waals surface area (Å²) in [7, 11) is 0. The van der Waals surface area contributed by atoms with Crippen LogP contribution in [-0.4, -0.2) is 23.4 Å². The molecule has 5 heterocycles. The molecule has 8 heteroatoms. The van der Waals surface area contributed by atoms with E-state index in [1.54, 1.807) is 39.4 Å². The van der Waals surface area contributed by atoms with Crippen LogP contribution in [0.2, 0.25) is 0 Å². The molecule has 26 heavy (non-hydrogen) atoms. The molecular formula is C18H12O4S4. The maximum absolute atomic E-state index is 9.96. The summed E-state index contributed by atoms with van der Waals surface area (Å²) < 4.78 is 11.4. The normalized spacial score (nSPS) is 13.2. The van der Waals surface area contributed by atoms with E-state index in [0.29, 0.717) is 18.1 Å². The predicted molar refractivity (Wildman–Crippen MR) is 109 cm³/mol. The highest BCUT2D eigenvalue weighted by molar-refractivity contribution is 7.28. The highest BCUT2D eigenvalue weighted by Gasteiger charge is 2.21. The average Bonchev–Trinajstić information content (AvgIpc) is 3.41. The second-order valence-corrected chi connectivity index (χ2v) is 9.51. The lowest BCUT2D eigenvalue weighted by atomic mass is 10.3. The molecular weight excluding hydrogens is 408 g/mol. The van der Waals surface area contributed by atoms with E-state index in [1.807, 2.05) is 11.4 Å². The van der Waals surface area contributed by atoms with Gasteiger partial charge >= 0.3 is 0 Å². The predicted octanol–water partition coefficient (Wildman–Crippen LogP) is 6.12. The van der Waals surface area contributed by atoms with Gasteiger partial charge in [-0.05, 0) is 24.3 Å². The second-order valence-electron chi connectivity index (χ2n) is 5.58. The van der Waals surface area contributed by atoms with Gasteiger partial charge in [-0.2, -0.15) is 0 Å². The number of fused-ring (bicyclic) bond motifs is 1. The van der Waals surface area contributed by atoms with E-state index in [0.717, 1.165) is 35.9 Å². The summed E-state index contributed by atoms with van der Waals surface area (Å²) in [6.45, 7) is 1.18. The molecule has 0 radical (unpaired) electrons. The van der Waals surface area contributed by atoms with Crippen molar-refractivity contribution in [2.45, 2.75) is 0 Å². The van der Waals surface area contributed by atoms with E-state index in [2.05, 4.69) is 18.2 Å². The number of thiophene rings is 4. The van der Waals surface area contributed by atoms with E-state index in [4.69, 9.17) is 9.47 Å². The zero-order valence-electron chi connectivity index (χ0n) is 13.2. The number of hydrogen-bond acceptors (Lipinski definition) is 8. The summed E-state index contributed by atoms with van der Waals surface area (Å²) >= 11 is 6.29. The number of aromatic hydroxyl groups is 2. The summed E-state index contributed by atoms with van der Waals surface area (Å²) in [6, 6.07) is 8.25. The van der Waals surface area contributed by atoms with Gasteiger partial charge in [-0.3, -0.25) is 0 Å². The van der Waals surface area contributed by atoms with Gasteiger partial charge in [0.15, 0.2) is 23.0 Å². The Morgan fingerprint density at radius 1 is 0.731 bits per heavy atom. The summed E-state index contributed by atoms with van der Waals surface area (Å²) in [5, 5.41) is 23.1. The fraction of sp³-hybridized carbons (Fsp3) is 0.111. The smallest absolute Gasteiger partial charge is 0.180 e. The molecule has 0 fully saturated rings. The van der Waals surface area contributed by atoms with Crippen molar-refractivity contribution in [1.82, 2.24) is 0 Å². The molecule has 0 atom stereocenters. The first-order valence-corrected chi connectivity index (χ1v) is 11.2. The van der Waals surface area contributed by atoms with Crippen molar-refractivity contribution < 1.29 is 19.7 Å². The molecule has 1 aliphatic heterocycles. The fourth-order valence-corrected chi connectivity index (χ4v) is 6.85. The van der Waals surface area contributed by atoms with Gasteiger partial charge in [0.1, 0.15) is 13.2 Å². The van der Waals surface area contributed by atoms with Crippen LogP contribution < -0.4 is 9.47 Å². The minimum atomic E-state index is -0.0666. The Labute approximate surface area is 165 Å². The Bertz CT molecular complexity index is 1080. The molecule has 2 N–H and O–H groups in total. The van der Waals surface area contributed by atoms with Crippen LogP contribution in [0.4, 0.5) is 0 Å². The third-order valence-corrected chi connectivity index (χ3v) is 8.57. The zero-order chi connectivity index (χ0) is 17.7. The van der Waals surface area contributed by atoms with Crippen LogP contribution >= 0.6 is 45.3 Å². The number of rotatable bonds is 3. The van der Waals surface area contributed by atoms with Crippen LogP contribution in [0.15, 0.2) is 35.0 Å². The minimum absolute atomic E-state index is 0.0439. The summed E-state index contributed by atoms with van der Waals surface area (Å²) in [6.07, 6.45) is 0. The van der Waals surface area contributed by atoms with Gasteiger partial charge in [0, 0.05) is 30.3 Å². The van der Waals surface area contributed by atoms with Crippen molar-refractivity contribution in [3.8, 4) is 52.3 Å². The summed E-state index contributed by atoms with van der Waals surface area (Å²) in [5.74, 6) is 1.57. The largest absolute Gasteiger partial charge is 0.504 e. The van der Waals surface area contributed by atoms with Gasteiger partial charge < -0.3 is 19.7 Å². The molecule has 0 saturated carbocycles. The minimum Gasteiger partial charge on any atom is -0.504 e. The van der Waals surface area contributed by atoms with Crippen LogP contribution in [0.5, 0.6) is 23.0 Å². The fourth-order valence-electron chi connectivity index (χ4n) is 2.74. The van der Waals surface area contributed by atoms with Gasteiger partial charge in [0.05, 0.1) is 9.75 Å². The monoisotopic (exact) mass is 420 g/mol. The first kappa shape index (κ1) is 16.2. The van der Waals surface area contributed by atoms with E-state index < -0.39 is 0 Å². The lowest BCUT2D eigenvalue weighted by Crippen LogP contribution is -2.14. The average molecular weight is 421 g/mol. The first-order valence-electron chi connectivity index (χ1n) is 7.78. The van der Waals surface area contributed by atoms with Crippen LogP contribution in [0.1, 0.15) is 0 Å². The van der Waals surface area contributed by atoms with Crippen LogP contribution in [0.3, 0.4) is 0 Å². The molecule has 4 aromatic heterocycles. The molecule has 0 amide bonds. The molecule has 0 aliphatic carbocycles. The van der Waals surface area contributed by atoms with Crippen molar-refractivity contribution >= 4 is 45.3 Å². The van der Waals surface area contributed by atoms with E-state index in [-0.39, 0.29) is 11.5 Å². The van der Waals surface area contributed by atoms with Crippen molar-refractivity contribution in [2.75, 3.05) is 13.2 Å². The molecule has 132 valence electrons. The first-order chi connectivity index (χ1) is 12.7. The Hall–Kier alpha value is -2.00. The van der Waals surface area contributed by atoms with Gasteiger partial charge in [-0.25, -0.2) is 0 Å². The molecule has 4 nitrogen and oxygen atoms in total. The Kier molecular flexibility index (Phi) is 3.93. The van der Waals surface area contributed by atoms with Gasteiger partial charge in [0.2, 0.25) is 0 Å². The maximum Gasteiger partial charge on any atom is 0.180 e. The van der Waals surface area contributed by atoms with Crippen molar-refractivity contribution in [3.63, 3.8) is 0 Å². The third-order valence-electron chi connectivity index (χ3n) is 3.95. The Morgan fingerprint density at radius 2 is 1.35 bits per heavy atom. The third kappa shape index (κ3) is 2.61. The standard InChI is InChI=1S/C18H12O4S4/c19-9-7-23-17(15(9)20)13-3-1-11(25-13)12-2-4-14(26-12)18-16-10(8-24-18)21-5-6-22-16/h1-4,7-8,19-20H,5-6H2. The van der Waals surface area contributed by atoms with Crippen molar-refractivity contribution in [1.29, 1.82) is 0 Å². The SMILES string of the molecule is Oc1csc(-c2ccc(-c3ccc(-c4scc5c4OCCO5)s3)s2)c1O. The highest BCUT2D eigenvalue weighted by atomic mass is 32.1. The molecule has 0 unspecified atom stereocenters. The molecule has 0 aromatic carbocycles. The molecule has 0 bridgehead atoms. The topological polar surface area (TPSA) is 58.9 Å². The molecule has 1 aliphatic rings. The molecule has 4 aromatic rings. The Morgan fingerprint density at radius 3 is 2.04 bits per heavy atom. The van der Waals surface area contributed by atoms with Crippen LogP contribution in [0, 0.1) is 0 Å². The maximum atomic E-state index is 9.96. The van der Waals surface area contributed by atoms with E-state index in [1.165, 1.54) is 11.3 Å². The van der Waals surface area contributed by atoms with Gasteiger partial charge in [-0.15, -0.1) is 45.3 Å². The van der Waals surface area contributed by atoms with Gasteiger partial charge in [0.25, 0.3) is 0 Å². The Balaban J connectivity index is 1.48. The molecule has 0 spiro atoms. The molecule has 0 saturated heterocycles. The lowest BCUT2D eigenvalue weighted by Gasteiger charge is -2.15. The van der Waals surface area contributed by atoms with Crippen LogP contribution in [-0.2, 0) is 0 Å². The number of ether oxygens (including phenoxy) is 2. The van der Waals surface area contributed by atoms with Crippen molar-refractivity contribution in [3.05, 3.63) is 35.0 Å². The van der Waals surface area contributed by atoms with Gasteiger partial charge in [-0.1, -0.05) is 0 Å². The summed E-state index contributed by atoms with van der Waals surface area (Å²) in [4.78, 5) is 6.20. The van der Waals surface area contributed by atoms with E-state index in [9.17, 15) is 10.2 Å². The van der Waals surface area contributed by atoms with Crippen LogP contribution in [0.25, 0.3) is 29.3 Å². The van der Waals surface area contributed by atoms with E-state index >= 15 is 0 Å². The number of hydrogen-bond donors (Lipinski definition) is 2. The molecule has 5 rings (SSSR count). The zero-order valence-corrected chi connectivity index (χ0v) is 16.5. The van der Waals surface area contributed by atoms with Crippen molar-refractivity contribution in [2.24, 2.45) is 0 Å².